The molecule has 0 aliphatic heterocycles. The Morgan fingerprint density at radius 3 is 2.47 bits per heavy atom. The van der Waals surface area contributed by atoms with Crippen molar-refractivity contribution in [2.45, 2.75) is 19.9 Å². The van der Waals surface area contributed by atoms with Gasteiger partial charge in [-0.15, -0.1) is 0 Å². The van der Waals surface area contributed by atoms with Crippen molar-refractivity contribution in [1.82, 2.24) is 5.43 Å². The van der Waals surface area contributed by atoms with Gasteiger partial charge in [-0.2, -0.15) is 0 Å². The summed E-state index contributed by atoms with van der Waals surface area (Å²) in [6, 6.07) is 6.15. The minimum Gasteiger partial charge on any atom is -0.496 e. The van der Waals surface area contributed by atoms with E-state index in [-0.39, 0.29) is 6.04 Å². The third-order valence-corrected chi connectivity index (χ3v) is 3.00. The van der Waals surface area contributed by atoms with Gasteiger partial charge >= 0.3 is 0 Å². The standard InChI is InChI=1S/C11H17BrN2O/c1-7(2)11(14-13)8-4-5-10(15-3)9(12)6-8/h4-7,11,14H,13H2,1-3H3. The van der Waals surface area contributed by atoms with Crippen molar-refractivity contribution in [3.05, 3.63) is 28.2 Å². The van der Waals surface area contributed by atoms with Gasteiger partial charge in [-0.25, -0.2) is 0 Å². The number of hydrogen-bond donors (Lipinski definition) is 2. The topological polar surface area (TPSA) is 47.3 Å². The van der Waals surface area contributed by atoms with E-state index in [0.717, 1.165) is 15.8 Å². The fourth-order valence-corrected chi connectivity index (χ4v) is 2.11. The minimum atomic E-state index is 0.159. The summed E-state index contributed by atoms with van der Waals surface area (Å²) in [5.41, 5.74) is 3.97. The molecule has 0 bridgehead atoms. The van der Waals surface area contributed by atoms with Gasteiger partial charge in [0.05, 0.1) is 11.6 Å². The fourth-order valence-electron chi connectivity index (χ4n) is 1.55. The molecule has 15 heavy (non-hydrogen) atoms. The smallest absolute Gasteiger partial charge is 0.133 e. The van der Waals surface area contributed by atoms with Gasteiger partial charge in [0.1, 0.15) is 5.75 Å². The van der Waals surface area contributed by atoms with Crippen LogP contribution in [0, 0.1) is 5.92 Å². The van der Waals surface area contributed by atoms with E-state index >= 15 is 0 Å². The second-order valence-electron chi connectivity index (χ2n) is 3.78. The molecule has 0 aliphatic rings. The zero-order valence-electron chi connectivity index (χ0n) is 9.25. The molecule has 84 valence electrons. The molecule has 1 aromatic carbocycles. The molecule has 0 saturated carbocycles. The van der Waals surface area contributed by atoms with E-state index in [0.29, 0.717) is 5.92 Å². The summed E-state index contributed by atoms with van der Waals surface area (Å²) in [6.45, 7) is 4.26. The van der Waals surface area contributed by atoms with E-state index in [9.17, 15) is 0 Å². The summed E-state index contributed by atoms with van der Waals surface area (Å²) < 4.78 is 6.12. The highest BCUT2D eigenvalue weighted by Crippen LogP contribution is 2.30. The van der Waals surface area contributed by atoms with Crippen molar-refractivity contribution in [1.29, 1.82) is 0 Å². The van der Waals surface area contributed by atoms with Crippen molar-refractivity contribution in [3.8, 4) is 5.75 Å². The quantitative estimate of drug-likeness (QED) is 0.655. The maximum absolute atomic E-state index is 5.53. The first kappa shape index (κ1) is 12.5. The fraction of sp³-hybridized carbons (Fsp3) is 0.455. The molecule has 0 amide bonds. The van der Waals surface area contributed by atoms with Crippen LogP contribution in [0.25, 0.3) is 0 Å². The largest absolute Gasteiger partial charge is 0.496 e. The zero-order chi connectivity index (χ0) is 11.4. The molecule has 0 aliphatic carbocycles. The lowest BCUT2D eigenvalue weighted by Crippen LogP contribution is -2.31. The monoisotopic (exact) mass is 272 g/mol. The summed E-state index contributed by atoms with van der Waals surface area (Å²) in [4.78, 5) is 0. The second kappa shape index (κ2) is 5.49. The third-order valence-electron chi connectivity index (χ3n) is 2.38. The van der Waals surface area contributed by atoms with Crippen LogP contribution in [0.5, 0.6) is 5.75 Å². The van der Waals surface area contributed by atoms with Gasteiger partial charge < -0.3 is 4.74 Å². The Bertz CT molecular complexity index is 328. The Labute approximate surface area is 99.1 Å². The normalized spacial score (nSPS) is 12.9. The Morgan fingerprint density at radius 2 is 2.07 bits per heavy atom. The highest BCUT2D eigenvalue weighted by atomic mass is 79.9. The second-order valence-corrected chi connectivity index (χ2v) is 4.64. The van der Waals surface area contributed by atoms with E-state index in [2.05, 4.69) is 35.2 Å². The summed E-state index contributed by atoms with van der Waals surface area (Å²) in [7, 11) is 1.65. The lowest BCUT2D eigenvalue weighted by Gasteiger charge is -2.20. The van der Waals surface area contributed by atoms with Crippen molar-refractivity contribution in [3.63, 3.8) is 0 Å². The zero-order valence-corrected chi connectivity index (χ0v) is 10.8. The van der Waals surface area contributed by atoms with Crippen LogP contribution < -0.4 is 16.0 Å². The van der Waals surface area contributed by atoms with Crippen LogP contribution in [0.4, 0.5) is 0 Å². The SMILES string of the molecule is COc1ccc(C(NN)C(C)C)cc1Br. The van der Waals surface area contributed by atoms with Crippen LogP contribution in [-0.4, -0.2) is 7.11 Å². The molecule has 0 radical (unpaired) electrons. The minimum absolute atomic E-state index is 0.159. The molecular formula is C11H17BrN2O. The van der Waals surface area contributed by atoms with Crippen LogP contribution >= 0.6 is 15.9 Å². The molecule has 1 unspecified atom stereocenters. The van der Waals surface area contributed by atoms with Gasteiger partial charge in [-0.3, -0.25) is 11.3 Å². The highest BCUT2D eigenvalue weighted by Gasteiger charge is 2.14. The summed E-state index contributed by atoms with van der Waals surface area (Å²) >= 11 is 3.46. The molecule has 3 nitrogen and oxygen atoms in total. The number of halogens is 1. The molecule has 0 spiro atoms. The summed E-state index contributed by atoms with van der Waals surface area (Å²) in [5, 5.41) is 0. The number of methoxy groups -OCH3 is 1. The van der Waals surface area contributed by atoms with Crippen molar-refractivity contribution in [2.75, 3.05) is 7.11 Å². The molecule has 1 rings (SSSR count). The van der Waals surface area contributed by atoms with Gasteiger partial charge in [0, 0.05) is 6.04 Å². The highest BCUT2D eigenvalue weighted by molar-refractivity contribution is 9.10. The predicted molar refractivity (Wildman–Crippen MR) is 65.6 cm³/mol. The number of nitrogens with two attached hydrogens (primary N) is 1. The van der Waals surface area contributed by atoms with Gasteiger partial charge in [-0.05, 0) is 39.5 Å². The van der Waals surface area contributed by atoms with Crippen LogP contribution in [0.1, 0.15) is 25.5 Å². The van der Waals surface area contributed by atoms with Crippen LogP contribution in [0.3, 0.4) is 0 Å². The van der Waals surface area contributed by atoms with Crippen LogP contribution in [0.15, 0.2) is 22.7 Å². The number of hydrogen-bond acceptors (Lipinski definition) is 3. The molecule has 0 fully saturated rings. The van der Waals surface area contributed by atoms with Gasteiger partial charge in [0.15, 0.2) is 0 Å². The Hall–Kier alpha value is -0.580. The molecule has 3 N–H and O–H groups in total. The molecule has 0 aromatic heterocycles. The van der Waals surface area contributed by atoms with Crippen molar-refractivity contribution in [2.24, 2.45) is 11.8 Å². The van der Waals surface area contributed by atoms with Crippen molar-refractivity contribution < 1.29 is 4.74 Å². The predicted octanol–water partition coefficient (Wildman–Crippen LogP) is 2.62. The first-order valence-corrected chi connectivity index (χ1v) is 5.69. The number of ether oxygens (including phenoxy) is 1. The van der Waals surface area contributed by atoms with E-state index < -0.39 is 0 Å². The first-order chi connectivity index (χ1) is 7.10. The Kier molecular flexibility index (Phi) is 4.57. The molecule has 4 heteroatoms. The summed E-state index contributed by atoms with van der Waals surface area (Å²) in [5.74, 6) is 6.80. The number of hydrazine groups is 1. The maximum atomic E-state index is 5.53. The van der Waals surface area contributed by atoms with Crippen LogP contribution in [-0.2, 0) is 0 Å². The third kappa shape index (κ3) is 2.93. The van der Waals surface area contributed by atoms with Gasteiger partial charge in [0.25, 0.3) is 0 Å². The van der Waals surface area contributed by atoms with E-state index in [1.54, 1.807) is 7.11 Å². The summed E-state index contributed by atoms with van der Waals surface area (Å²) in [6.07, 6.45) is 0. The van der Waals surface area contributed by atoms with E-state index in [1.165, 1.54) is 0 Å². The van der Waals surface area contributed by atoms with Crippen LogP contribution in [0.2, 0.25) is 0 Å². The molecular weight excluding hydrogens is 256 g/mol. The number of rotatable bonds is 4. The number of benzene rings is 1. The average Bonchev–Trinajstić information content (AvgIpc) is 2.18. The molecule has 0 saturated heterocycles. The molecule has 0 heterocycles. The Balaban J connectivity index is 3.00. The number of nitrogens with one attached hydrogen (secondary N) is 1. The average molecular weight is 273 g/mol. The molecule has 1 aromatic rings. The lowest BCUT2D eigenvalue weighted by atomic mass is 9.97. The lowest BCUT2D eigenvalue weighted by molar-refractivity contribution is 0.406. The van der Waals surface area contributed by atoms with Gasteiger partial charge in [0.2, 0.25) is 0 Å². The first-order valence-electron chi connectivity index (χ1n) is 4.89. The Morgan fingerprint density at radius 1 is 1.40 bits per heavy atom. The van der Waals surface area contributed by atoms with Gasteiger partial charge in [-0.1, -0.05) is 19.9 Å². The van der Waals surface area contributed by atoms with E-state index in [4.69, 9.17) is 10.6 Å². The molecule has 1 atom stereocenters. The maximum Gasteiger partial charge on any atom is 0.133 e. The van der Waals surface area contributed by atoms with E-state index in [1.807, 2.05) is 18.2 Å². The van der Waals surface area contributed by atoms with Crippen molar-refractivity contribution >= 4 is 15.9 Å².